The largest absolute Gasteiger partial charge is 0.480 e. The van der Waals surface area contributed by atoms with Crippen molar-refractivity contribution in [3.63, 3.8) is 0 Å². The Morgan fingerprint density at radius 1 is 0.871 bits per heavy atom. The zero-order valence-electron chi connectivity index (χ0n) is 17.8. The summed E-state index contributed by atoms with van der Waals surface area (Å²) in [4.78, 5) is 57.4. The first-order chi connectivity index (χ1) is 14.3. The van der Waals surface area contributed by atoms with Crippen LogP contribution in [0.4, 0.5) is 0 Å². The van der Waals surface area contributed by atoms with Crippen LogP contribution in [0.2, 0.25) is 0 Å². The Hall–Kier alpha value is -2.77. The van der Waals surface area contributed by atoms with Gasteiger partial charge in [0.15, 0.2) is 24.6 Å². The number of carboxylic acids is 1. The lowest BCUT2D eigenvalue weighted by atomic mass is 9.98. The average molecular weight is 449 g/mol. The minimum Gasteiger partial charge on any atom is -0.480 e. The molecule has 1 fully saturated rings. The Kier molecular flexibility index (Phi) is 9.81. The summed E-state index contributed by atoms with van der Waals surface area (Å²) in [7, 11) is 0. The number of nitrogens with two attached hydrogens (primary N) is 1. The third-order valence-corrected chi connectivity index (χ3v) is 4.09. The zero-order valence-corrected chi connectivity index (χ0v) is 17.8. The van der Waals surface area contributed by atoms with Crippen molar-refractivity contribution in [3.05, 3.63) is 0 Å². The van der Waals surface area contributed by atoms with Crippen molar-refractivity contribution in [3.8, 4) is 0 Å². The highest BCUT2D eigenvalue weighted by Gasteiger charge is 2.53. The number of ether oxygens (including phenoxy) is 6. The van der Waals surface area contributed by atoms with Crippen molar-refractivity contribution >= 4 is 29.8 Å². The van der Waals surface area contributed by atoms with E-state index in [2.05, 4.69) is 0 Å². The van der Waals surface area contributed by atoms with Gasteiger partial charge in [-0.3, -0.25) is 24.0 Å². The van der Waals surface area contributed by atoms with Crippen LogP contribution in [0.5, 0.6) is 0 Å². The van der Waals surface area contributed by atoms with E-state index in [1.807, 2.05) is 0 Å². The number of aliphatic carboxylic acids is 1. The van der Waals surface area contributed by atoms with E-state index in [9.17, 15) is 24.0 Å². The summed E-state index contributed by atoms with van der Waals surface area (Å²) in [6.45, 7) is 5.27. The molecule has 0 unspecified atom stereocenters. The van der Waals surface area contributed by atoms with Gasteiger partial charge in [0.2, 0.25) is 0 Å². The van der Waals surface area contributed by atoms with E-state index < -0.39 is 79.3 Å². The second-order valence-corrected chi connectivity index (χ2v) is 6.77. The van der Waals surface area contributed by atoms with Crippen LogP contribution in [0.3, 0.4) is 0 Å². The second kappa shape index (κ2) is 11.6. The molecule has 1 aliphatic heterocycles. The fourth-order valence-corrected chi connectivity index (χ4v) is 2.80. The van der Waals surface area contributed by atoms with Crippen molar-refractivity contribution in [2.45, 2.75) is 77.5 Å². The zero-order chi connectivity index (χ0) is 23.9. The molecule has 0 aromatic carbocycles. The van der Waals surface area contributed by atoms with Crippen LogP contribution >= 0.6 is 0 Å². The highest BCUT2D eigenvalue weighted by molar-refractivity contribution is 5.73. The fourth-order valence-electron chi connectivity index (χ4n) is 2.80. The van der Waals surface area contributed by atoms with E-state index in [1.54, 1.807) is 0 Å². The monoisotopic (exact) mass is 449 g/mol. The summed E-state index contributed by atoms with van der Waals surface area (Å²) in [5.74, 6) is -4.43. The Labute approximate surface area is 178 Å². The van der Waals surface area contributed by atoms with Gasteiger partial charge in [-0.05, 0) is 6.92 Å². The molecule has 0 amide bonds. The molecule has 13 heteroatoms. The van der Waals surface area contributed by atoms with E-state index in [1.165, 1.54) is 6.92 Å². The maximum absolute atomic E-state index is 11.7. The van der Waals surface area contributed by atoms with Crippen molar-refractivity contribution < 1.29 is 57.5 Å². The normalized spacial score (nSPS) is 27.4. The molecular formula is C18H27NO12. The lowest BCUT2D eigenvalue weighted by Crippen LogP contribution is -2.63. The molecule has 0 bridgehead atoms. The summed E-state index contributed by atoms with van der Waals surface area (Å²) >= 11 is 0. The maximum atomic E-state index is 11.7. The predicted molar refractivity (Wildman–Crippen MR) is 98.1 cm³/mol. The molecule has 0 radical (unpaired) electrons. The number of esters is 4. The number of rotatable bonds is 9. The third kappa shape index (κ3) is 8.11. The molecule has 176 valence electrons. The molecule has 1 aliphatic rings. The number of carbonyl (C=O) groups excluding carboxylic acids is 4. The first-order valence-electron chi connectivity index (χ1n) is 9.27. The molecule has 1 saturated heterocycles. The van der Waals surface area contributed by atoms with Crippen LogP contribution in [-0.2, 0) is 52.4 Å². The summed E-state index contributed by atoms with van der Waals surface area (Å²) in [5, 5.41) is 9.09. The number of carbonyl (C=O) groups is 5. The Bertz CT molecular complexity index is 695. The molecule has 1 heterocycles. The average Bonchev–Trinajstić information content (AvgIpc) is 2.62. The van der Waals surface area contributed by atoms with Crippen molar-refractivity contribution in [1.29, 1.82) is 0 Å². The molecule has 3 N–H and O–H groups in total. The third-order valence-electron chi connectivity index (χ3n) is 4.09. The van der Waals surface area contributed by atoms with Crippen molar-refractivity contribution in [2.75, 3.05) is 6.61 Å². The van der Waals surface area contributed by atoms with Crippen LogP contribution in [-0.4, -0.2) is 84.4 Å². The van der Waals surface area contributed by atoms with Gasteiger partial charge in [0.05, 0.1) is 6.10 Å². The van der Waals surface area contributed by atoms with E-state index in [4.69, 9.17) is 39.3 Å². The Morgan fingerprint density at radius 3 is 1.81 bits per heavy atom. The second-order valence-electron chi connectivity index (χ2n) is 6.77. The van der Waals surface area contributed by atoms with E-state index in [-0.39, 0.29) is 0 Å². The standard InChI is InChI=1S/C18H27NO12/c1-7(13(19)17(24)25)27-18-16(30-11(5)23)15(29-10(4)22)14(28-9(3)21)12(31-18)6-26-8(2)20/h7,12-16,18H,6,19H2,1-5H3,(H,24,25)/t7-,12-,13+,14+,15+,16-,18-/m1/s1. The summed E-state index contributed by atoms with van der Waals surface area (Å²) < 4.78 is 31.8. The molecule has 13 nitrogen and oxygen atoms in total. The quantitative estimate of drug-likeness (QED) is 0.319. The number of hydrogen-bond acceptors (Lipinski definition) is 12. The molecule has 0 saturated carbocycles. The minimum absolute atomic E-state index is 0.433. The van der Waals surface area contributed by atoms with E-state index in [0.29, 0.717) is 0 Å². The van der Waals surface area contributed by atoms with Crippen LogP contribution in [0.15, 0.2) is 0 Å². The Morgan fingerprint density at radius 2 is 1.35 bits per heavy atom. The SMILES string of the molecule is CC(=O)OC[C@H]1O[C@@H](O[C@H](C)[C@H](N)C(=O)O)[C@H](OC(C)=O)[C@@H](OC(C)=O)[C@H]1OC(C)=O. The molecule has 0 aliphatic carbocycles. The van der Waals surface area contributed by atoms with E-state index >= 15 is 0 Å². The topological polar surface area (TPSA) is 187 Å². The van der Waals surface area contributed by atoms with Crippen LogP contribution in [0, 0.1) is 0 Å². The minimum atomic E-state index is -1.50. The van der Waals surface area contributed by atoms with Crippen LogP contribution in [0.1, 0.15) is 34.6 Å². The van der Waals surface area contributed by atoms with Gasteiger partial charge < -0.3 is 39.3 Å². The van der Waals surface area contributed by atoms with Gasteiger partial charge in [0.1, 0.15) is 18.8 Å². The molecule has 0 aromatic rings. The summed E-state index contributed by atoms with van der Waals surface area (Å²) in [6.07, 6.45) is -8.06. The molecule has 0 aromatic heterocycles. The fraction of sp³-hybridized carbons (Fsp3) is 0.722. The Balaban J connectivity index is 3.35. The molecule has 1 rings (SSSR count). The van der Waals surface area contributed by atoms with Gasteiger partial charge in [-0.15, -0.1) is 0 Å². The highest BCUT2D eigenvalue weighted by Crippen LogP contribution is 2.30. The highest BCUT2D eigenvalue weighted by atomic mass is 16.7. The molecule has 7 atom stereocenters. The summed E-state index contributed by atoms with van der Waals surface area (Å²) in [5.41, 5.74) is 5.55. The van der Waals surface area contributed by atoms with Crippen LogP contribution < -0.4 is 5.73 Å². The maximum Gasteiger partial charge on any atom is 0.323 e. The van der Waals surface area contributed by atoms with Gasteiger partial charge in [-0.1, -0.05) is 0 Å². The number of hydrogen-bond donors (Lipinski definition) is 2. The summed E-state index contributed by atoms with van der Waals surface area (Å²) in [6, 6.07) is -1.47. The van der Waals surface area contributed by atoms with E-state index in [0.717, 1.165) is 27.7 Å². The molecular weight excluding hydrogens is 422 g/mol. The van der Waals surface area contributed by atoms with Crippen molar-refractivity contribution in [2.24, 2.45) is 5.73 Å². The van der Waals surface area contributed by atoms with Gasteiger partial charge in [-0.25, -0.2) is 0 Å². The molecule has 31 heavy (non-hydrogen) atoms. The molecule has 0 spiro atoms. The number of carboxylic acid groups (broad SMARTS) is 1. The van der Waals surface area contributed by atoms with Crippen LogP contribution in [0.25, 0.3) is 0 Å². The first kappa shape index (κ1) is 26.3. The van der Waals surface area contributed by atoms with Gasteiger partial charge in [-0.2, -0.15) is 0 Å². The van der Waals surface area contributed by atoms with Gasteiger partial charge in [0.25, 0.3) is 0 Å². The van der Waals surface area contributed by atoms with Gasteiger partial charge in [0, 0.05) is 27.7 Å². The predicted octanol–water partition coefficient (Wildman–Crippen LogP) is -1.11. The lowest BCUT2D eigenvalue weighted by molar-refractivity contribution is -0.316. The smallest absolute Gasteiger partial charge is 0.323 e. The van der Waals surface area contributed by atoms with Gasteiger partial charge >= 0.3 is 29.8 Å². The first-order valence-corrected chi connectivity index (χ1v) is 9.27. The lowest BCUT2D eigenvalue weighted by Gasteiger charge is -2.44. The van der Waals surface area contributed by atoms with Crippen molar-refractivity contribution in [1.82, 2.24) is 0 Å².